The van der Waals surface area contributed by atoms with Crippen LogP contribution in [0.1, 0.15) is 30.0 Å². The number of anilines is 1. The monoisotopic (exact) mass is 415 g/mol. The fourth-order valence-corrected chi connectivity index (χ4v) is 3.02. The van der Waals surface area contributed by atoms with Crippen molar-refractivity contribution in [3.8, 4) is 29.2 Å². The molecular formula is C24H21N3O4. The molecule has 7 nitrogen and oxygen atoms in total. The summed E-state index contributed by atoms with van der Waals surface area (Å²) in [5, 5.41) is 12.6. The molecule has 0 amide bonds. The highest BCUT2D eigenvalue weighted by molar-refractivity contribution is 5.55. The molecule has 4 aromatic rings. The van der Waals surface area contributed by atoms with Crippen molar-refractivity contribution in [2.75, 3.05) is 12.4 Å². The molecule has 0 saturated carbocycles. The number of furan rings is 1. The Hall–Kier alpha value is -4.18. The third-order valence-corrected chi connectivity index (χ3v) is 4.69. The van der Waals surface area contributed by atoms with E-state index in [1.807, 2.05) is 61.5 Å². The molecule has 0 aliphatic rings. The molecule has 0 unspecified atom stereocenters. The molecule has 2 aromatic carbocycles. The van der Waals surface area contributed by atoms with E-state index >= 15 is 0 Å². The lowest BCUT2D eigenvalue weighted by Gasteiger charge is -2.12. The highest BCUT2D eigenvalue weighted by atomic mass is 16.5. The number of rotatable bonds is 8. The van der Waals surface area contributed by atoms with E-state index in [-0.39, 0.29) is 24.2 Å². The Kier molecular flexibility index (Phi) is 5.90. The Morgan fingerprint density at radius 2 is 1.74 bits per heavy atom. The third-order valence-electron chi connectivity index (χ3n) is 4.69. The Bertz CT molecular complexity index is 1170. The van der Waals surface area contributed by atoms with E-state index in [9.17, 15) is 5.26 Å². The first-order valence-electron chi connectivity index (χ1n) is 9.74. The Morgan fingerprint density at radius 1 is 1.00 bits per heavy atom. The summed E-state index contributed by atoms with van der Waals surface area (Å²) in [5.41, 5.74) is 1.24. The van der Waals surface area contributed by atoms with Crippen molar-refractivity contribution < 1.29 is 18.3 Å². The second-order valence-corrected chi connectivity index (χ2v) is 6.82. The lowest BCUT2D eigenvalue weighted by Crippen LogP contribution is -2.06. The van der Waals surface area contributed by atoms with Crippen LogP contribution < -0.4 is 14.8 Å². The SMILES string of the molecule is COc1ccc(OCc2ccc(-c3nc(C#N)c(N[C@H](C)c4ccccc4)o3)o2)cc1. The van der Waals surface area contributed by atoms with E-state index in [0.717, 1.165) is 11.3 Å². The first-order chi connectivity index (χ1) is 15.2. The minimum atomic E-state index is -0.0563. The summed E-state index contributed by atoms with van der Waals surface area (Å²) in [6.07, 6.45) is 0. The maximum atomic E-state index is 9.44. The summed E-state index contributed by atoms with van der Waals surface area (Å²) < 4.78 is 22.5. The highest BCUT2D eigenvalue weighted by Gasteiger charge is 2.19. The van der Waals surface area contributed by atoms with E-state index in [1.165, 1.54) is 0 Å². The summed E-state index contributed by atoms with van der Waals surface area (Å²) in [6, 6.07) is 22.7. The van der Waals surface area contributed by atoms with Gasteiger partial charge in [-0.1, -0.05) is 30.3 Å². The first-order valence-corrected chi connectivity index (χ1v) is 9.74. The van der Waals surface area contributed by atoms with Crippen molar-refractivity contribution in [3.63, 3.8) is 0 Å². The van der Waals surface area contributed by atoms with Gasteiger partial charge in [0.05, 0.1) is 13.2 Å². The van der Waals surface area contributed by atoms with Gasteiger partial charge in [-0.15, -0.1) is 0 Å². The highest BCUT2D eigenvalue weighted by Crippen LogP contribution is 2.29. The zero-order chi connectivity index (χ0) is 21.6. The van der Waals surface area contributed by atoms with Crippen LogP contribution in [0.3, 0.4) is 0 Å². The van der Waals surface area contributed by atoms with E-state index in [2.05, 4.69) is 16.4 Å². The summed E-state index contributed by atoms with van der Waals surface area (Å²) in [5.74, 6) is 3.02. The molecule has 4 rings (SSSR count). The molecule has 2 aromatic heterocycles. The fourth-order valence-electron chi connectivity index (χ4n) is 3.02. The summed E-state index contributed by atoms with van der Waals surface area (Å²) in [6.45, 7) is 2.23. The number of hydrogen-bond acceptors (Lipinski definition) is 7. The third kappa shape index (κ3) is 4.70. The summed E-state index contributed by atoms with van der Waals surface area (Å²) >= 11 is 0. The molecule has 0 fully saturated rings. The van der Waals surface area contributed by atoms with E-state index in [4.69, 9.17) is 18.3 Å². The molecule has 0 bridgehead atoms. The van der Waals surface area contributed by atoms with Crippen molar-refractivity contribution in [2.24, 2.45) is 0 Å². The molecule has 0 aliphatic carbocycles. The molecule has 7 heteroatoms. The zero-order valence-electron chi connectivity index (χ0n) is 17.2. The molecule has 0 aliphatic heterocycles. The number of methoxy groups -OCH3 is 1. The van der Waals surface area contributed by atoms with Crippen LogP contribution in [0.4, 0.5) is 5.88 Å². The van der Waals surface area contributed by atoms with Crippen LogP contribution in [-0.2, 0) is 6.61 Å². The zero-order valence-corrected chi connectivity index (χ0v) is 17.2. The normalized spacial score (nSPS) is 11.5. The lowest BCUT2D eigenvalue weighted by molar-refractivity contribution is 0.270. The lowest BCUT2D eigenvalue weighted by atomic mass is 10.1. The molecule has 0 radical (unpaired) electrons. The van der Waals surface area contributed by atoms with Crippen LogP contribution in [0, 0.1) is 11.3 Å². The van der Waals surface area contributed by atoms with Crippen LogP contribution in [0.25, 0.3) is 11.7 Å². The maximum Gasteiger partial charge on any atom is 0.266 e. The Morgan fingerprint density at radius 3 is 2.45 bits per heavy atom. The van der Waals surface area contributed by atoms with Crippen molar-refractivity contribution in [3.05, 3.63) is 83.7 Å². The minimum absolute atomic E-state index is 0.0563. The topological polar surface area (TPSA) is 93.5 Å². The van der Waals surface area contributed by atoms with E-state index < -0.39 is 0 Å². The molecule has 156 valence electrons. The maximum absolute atomic E-state index is 9.44. The van der Waals surface area contributed by atoms with E-state index in [1.54, 1.807) is 19.2 Å². The van der Waals surface area contributed by atoms with Gasteiger partial charge in [0.25, 0.3) is 5.89 Å². The van der Waals surface area contributed by atoms with Crippen molar-refractivity contribution in [2.45, 2.75) is 19.6 Å². The summed E-state index contributed by atoms with van der Waals surface area (Å²) in [4.78, 5) is 4.26. The molecule has 1 N–H and O–H groups in total. The van der Waals surface area contributed by atoms with Gasteiger partial charge < -0.3 is 23.6 Å². The molecule has 31 heavy (non-hydrogen) atoms. The van der Waals surface area contributed by atoms with Crippen molar-refractivity contribution >= 4 is 5.88 Å². The van der Waals surface area contributed by atoms with Gasteiger partial charge in [0, 0.05) is 0 Å². The number of hydrogen-bond donors (Lipinski definition) is 1. The number of nitriles is 1. The molecule has 0 saturated heterocycles. The van der Waals surface area contributed by atoms with Crippen LogP contribution in [-0.4, -0.2) is 12.1 Å². The molecular weight excluding hydrogens is 394 g/mol. The predicted molar refractivity (Wildman–Crippen MR) is 115 cm³/mol. The van der Waals surface area contributed by atoms with Crippen LogP contribution in [0.15, 0.2) is 75.6 Å². The van der Waals surface area contributed by atoms with Gasteiger partial charge in [0.1, 0.15) is 29.9 Å². The van der Waals surface area contributed by atoms with Gasteiger partial charge >= 0.3 is 0 Å². The van der Waals surface area contributed by atoms with Gasteiger partial charge in [0.2, 0.25) is 11.6 Å². The Labute approximate surface area is 179 Å². The largest absolute Gasteiger partial charge is 0.497 e. The second kappa shape index (κ2) is 9.09. The van der Waals surface area contributed by atoms with Crippen molar-refractivity contribution in [1.29, 1.82) is 5.26 Å². The van der Waals surface area contributed by atoms with Gasteiger partial charge in [0.15, 0.2) is 5.76 Å². The summed E-state index contributed by atoms with van der Waals surface area (Å²) in [7, 11) is 1.61. The van der Waals surface area contributed by atoms with Crippen LogP contribution in [0.5, 0.6) is 11.5 Å². The number of aromatic nitrogens is 1. The van der Waals surface area contributed by atoms with Gasteiger partial charge in [-0.3, -0.25) is 0 Å². The second-order valence-electron chi connectivity index (χ2n) is 6.82. The standard InChI is InChI=1S/C24H21N3O4/c1-16(17-6-4-3-5-7-17)26-23-21(14-25)27-24(31-23)22-13-12-20(30-22)15-29-19-10-8-18(28-2)9-11-19/h3-13,16,26H,15H2,1-2H3/t16-/m1/s1. The van der Waals surface area contributed by atoms with Crippen molar-refractivity contribution in [1.82, 2.24) is 4.98 Å². The predicted octanol–water partition coefficient (Wildman–Crippen LogP) is 5.57. The Balaban J connectivity index is 1.45. The van der Waals surface area contributed by atoms with Crippen LogP contribution in [0.2, 0.25) is 0 Å². The number of nitrogens with one attached hydrogen (secondary N) is 1. The minimum Gasteiger partial charge on any atom is -0.497 e. The van der Waals surface area contributed by atoms with Crippen LogP contribution >= 0.6 is 0 Å². The quantitative estimate of drug-likeness (QED) is 0.402. The number of nitrogens with zero attached hydrogens (tertiary/aromatic N) is 2. The molecule has 1 atom stereocenters. The average Bonchev–Trinajstić information content (AvgIpc) is 3.45. The molecule has 2 heterocycles. The molecule has 0 spiro atoms. The average molecular weight is 415 g/mol. The number of benzene rings is 2. The smallest absolute Gasteiger partial charge is 0.266 e. The number of ether oxygens (including phenoxy) is 2. The van der Waals surface area contributed by atoms with Gasteiger partial charge in [-0.25, -0.2) is 0 Å². The van der Waals surface area contributed by atoms with Gasteiger partial charge in [-0.2, -0.15) is 10.2 Å². The number of oxazole rings is 1. The van der Waals surface area contributed by atoms with E-state index in [0.29, 0.717) is 23.2 Å². The first kappa shape index (κ1) is 20.1. The fraction of sp³-hybridized carbons (Fsp3) is 0.167. The van der Waals surface area contributed by atoms with Gasteiger partial charge in [-0.05, 0) is 48.9 Å².